The molecule has 19 heavy (non-hydrogen) atoms. The smallest absolute Gasteiger partial charge is 0.320 e. The summed E-state index contributed by atoms with van der Waals surface area (Å²) < 4.78 is 0. The maximum Gasteiger partial charge on any atom is 0.320 e. The van der Waals surface area contributed by atoms with Gasteiger partial charge in [0.25, 0.3) is 0 Å². The lowest BCUT2D eigenvalue weighted by Gasteiger charge is -2.34. The van der Waals surface area contributed by atoms with Crippen molar-refractivity contribution in [1.29, 1.82) is 0 Å². The minimum atomic E-state index is -0.914. The van der Waals surface area contributed by atoms with E-state index in [2.05, 4.69) is 0 Å². The molecule has 0 aromatic rings. The quantitative estimate of drug-likeness (QED) is 0.665. The lowest BCUT2D eigenvalue weighted by atomic mass is 10.1. The summed E-state index contributed by atoms with van der Waals surface area (Å²) in [5.41, 5.74) is 0. The molecule has 0 aliphatic carbocycles. The molecular formula is C13H26N2O4. The molecule has 0 spiro atoms. The van der Waals surface area contributed by atoms with E-state index in [-0.39, 0.29) is 38.2 Å². The average molecular weight is 274 g/mol. The van der Waals surface area contributed by atoms with Gasteiger partial charge in [0.15, 0.2) is 0 Å². The van der Waals surface area contributed by atoms with Gasteiger partial charge in [-0.25, -0.2) is 4.79 Å². The number of aliphatic hydroxyl groups excluding tert-OH is 1. The third-order valence-corrected chi connectivity index (χ3v) is 3.22. The summed E-state index contributed by atoms with van der Waals surface area (Å²) in [6.45, 7) is 6.69. The highest BCUT2D eigenvalue weighted by atomic mass is 16.4. The molecule has 6 heteroatoms. The first-order valence-electron chi connectivity index (χ1n) is 6.89. The number of hydrogen-bond acceptors (Lipinski definition) is 3. The summed E-state index contributed by atoms with van der Waals surface area (Å²) in [4.78, 5) is 26.1. The van der Waals surface area contributed by atoms with Gasteiger partial charge in [-0.3, -0.25) is 4.79 Å². The number of nitrogens with zero attached hydrogens (tertiary/aromatic N) is 2. The van der Waals surface area contributed by atoms with E-state index in [4.69, 9.17) is 10.2 Å². The van der Waals surface area contributed by atoms with Gasteiger partial charge in [-0.2, -0.15) is 0 Å². The van der Waals surface area contributed by atoms with E-state index < -0.39 is 5.97 Å². The number of urea groups is 1. The van der Waals surface area contributed by atoms with Crippen LogP contribution in [0.4, 0.5) is 4.79 Å². The Labute approximate surface area is 115 Å². The number of amides is 2. The summed E-state index contributed by atoms with van der Waals surface area (Å²) in [6, 6.07) is -0.106. The van der Waals surface area contributed by atoms with Gasteiger partial charge in [0, 0.05) is 25.7 Å². The number of carboxylic acid groups (broad SMARTS) is 1. The molecule has 0 aliphatic heterocycles. The molecule has 0 rings (SSSR count). The SMILES string of the molecule is CCC(CC)N(CCO)C(=O)N(CC)CCC(=O)O. The highest BCUT2D eigenvalue weighted by molar-refractivity contribution is 5.75. The van der Waals surface area contributed by atoms with Crippen molar-refractivity contribution >= 4 is 12.0 Å². The molecule has 0 radical (unpaired) electrons. The fourth-order valence-electron chi connectivity index (χ4n) is 2.07. The van der Waals surface area contributed by atoms with Crippen molar-refractivity contribution in [2.24, 2.45) is 0 Å². The second-order valence-corrected chi connectivity index (χ2v) is 4.39. The van der Waals surface area contributed by atoms with Gasteiger partial charge in [0.1, 0.15) is 0 Å². The fourth-order valence-corrected chi connectivity index (χ4v) is 2.07. The van der Waals surface area contributed by atoms with Crippen molar-refractivity contribution in [2.75, 3.05) is 26.2 Å². The highest BCUT2D eigenvalue weighted by Gasteiger charge is 2.24. The van der Waals surface area contributed by atoms with Gasteiger partial charge in [-0.05, 0) is 19.8 Å². The Balaban J connectivity index is 4.77. The van der Waals surface area contributed by atoms with Gasteiger partial charge in [-0.15, -0.1) is 0 Å². The van der Waals surface area contributed by atoms with Crippen molar-refractivity contribution in [1.82, 2.24) is 9.80 Å². The number of aliphatic carboxylic acids is 1. The Kier molecular flexibility index (Phi) is 8.95. The van der Waals surface area contributed by atoms with E-state index in [0.29, 0.717) is 6.54 Å². The molecule has 0 saturated carbocycles. The predicted octanol–water partition coefficient (Wildman–Crippen LogP) is 1.39. The second kappa shape index (κ2) is 9.61. The van der Waals surface area contributed by atoms with Gasteiger partial charge < -0.3 is 20.0 Å². The summed E-state index contributed by atoms with van der Waals surface area (Å²) in [7, 11) is 0. The molecule has 2 amide bonds. The minimum Gasteiger partial charge on any atom is -0.481 e. The van der Waals surface area contributed by atoms with Crippen LogP contribution in [-0.4, -0.2) is 64.3 Å². The number of rotatable bonds is 9. The lowest BCUT2D eigenvalue weighted by molar-refractivity contribution is -0.137. The molecule has 0 fully saturated rings. The van der Waals surface area contributed by atoms with Crippen molar-refractivity contribution in [3.63, 3.8) is 0 Å². The fraction of sp³-hybridized carbons (Fsp3) is 0.846. The predicted molar refractivity (Wildman–Crippen MR) is 73.1 cm³/mol. The van der Waals surface area contributed by atoms with E-state index in [1.165, 1.54) is 4.90 Å². The Hall–Kier alpha value is -1.30. The van der Waals surface area contributed by atoms with E-state index >= 15 is 0 Å². The van der Waals surface area contributed by atoms with Crippen molar-refractivity contribution < 1.29 is 19.8 Å². The van der Waals surface area contributed by atoms with E-state index in [1.807, 2.05) is 20.8 Å². The maximum atomic E-state index is 12.4. The van der Waals surface area contributed by atoms with E-state index in [1.54, 1.807) is 4.90 Å². The van der Waals surface area contributed by atoms with Crippen LogP contribution in [0.1, 0.15) is 40.0 Å². The molecular weight excluding hydrogens is 248 g/mol. The Morgan fingerprint density at radius 1 is 1.11 bits per heavy atom. The maximum absolute atomic E-state index is 12.4. The van der Waals surface area contributed by atoms with Crippen LogP contribution in [0.25, 0.3) is 0 Å². The van der Waals surface area contributed by atoms with Gasteiger partial charge >= 0.3 is 12.0 Å². The molecule has 0 aromatic carbocycles. The zero-order chi connectivity index (χ0) is 14.8. The second-order valence-electron chi connectivity index (χ2n) is 4.39. The molecule has 0 bridgehead atoms. The third-order valence-electron chi connectivity index (χ3n) is 3.22. The van der Waals surface area contributed by atoms with Crippen molar-refractivity contribution in [3.05, 3.63) is 0 Å². The topological polar surface area (TPSA) is 81.1 Å². The van der Waals surface area contributed by atoms with Crippen molar-refractivity contribution in [3.8, 4) is 0 Å². The number of hydrogen-bond donors (Lipinski definition) is 2. The molecule has 0 saturated heterocycles. The molecule has 2 N–H and O–H groups in total. The molecule has 0 heterocycles. The number of carboxylic acids is 1. The molecule has 0 atom stereocenters. The van der Waals surface area contributed by atoms with Crippen LogP contribution in [0.15, 0.2) is 0 Å². The molecule has 6 nitrogen and oxygen atoms in total. The first-order valence-corrected chi connectivity index (χ1v) is 6.89. The average Bonchev–Trinajstić information content (AvgIpc) is 2.39. The summed E-state index contributed by atoms with van der Waals surface area (Å²) >= 11 is 0. The number of aliphatic hydroxyl groups is 1. The van der Waals surface area contributed by atoms with Gasteiger partial charge in [-0.1, -0.05) is 13.8 Å². The molecule has 0 aliphatic rings. The molecule has 0 unspecified atom stereocenters. The van der Waals surface area contributed by atoms with Crippen LogP contribution in [0.3, 0.4) is 0 Å². The standard InChI is InChI=1S/C13H26N2O4/c1-4-11(5-2)15(9-10-16)13(19)14(6-3)8-7-12(17)18/h11,16H,4-10H2,1-3H3,(H,17,18). The third kappa shape index (κ3) is 5.92. The minimum absolute atomic E-state index is 0.0601. The molecule has 112 valence electrons. The monoisotopic (exact) mass is 274 g/mol. The Morgan fingerprint density at radius 3 is 2.05 bits per heavy atom. The first kappa shape index (κ1) is 17.7. The summed E-state index contributed by atoms with van der Waals surface area (Å²) in [5, 5.41) is 17.8. The van der Waals surface area contributed by atoms with Gasteiger partial charge in [0.05, 0.1) is 13.0 Å². The van der Waals surface area contributed by atoms with Crippen molar-refractivity contribution in [2.45, 2.75) is 46.1 Å². The van der Waals surface area contributed by atoms with Crippen LogP contribution < -0.4 is 0 Å². The summed E-state index contributed by atoms with van der Waals surface area (Å²) in [6.07, 6.45) is 1.58. The van der Waals surface area contributed by atoms with Gasteiger partial charge in [0.2, 0.25) is 0 Å². The van der Waals surface area contributed by atoms with E-state index in [9.17, 15) is 9.59 Å². The van der Waals surface area contributed by atoms with Crippen LogP contribution in [0.2, 0.25) is 0 Å². The molecule has 0 aromatic heterocycles. The number of carbonyl (C=O) groups excluding carboxylic acids is 1. The Morgan fingerprint density at radius 2 is 1.68 bits per heavy atom. The Bertz CT molecular complexity index is 280. The summed E-state index contributed by atoms with van der Waals surface area (Å²) in [5.74, 6) is -0.914. The normalized spacial score (nSPS) is 10.6. The number of carbonyl (C=O) groups is 2. The zero-order valence-corrected chi connectivity index (χ0v) is 12.1. The van der Waals surface area contributed by atoms with Crippen LogP contribution in [-0.2, 0) is 4.79 Å². The van der Waals surface area contributed by atoms with Crippen LogP contribution in [0, 0.1) is 0 Å². The van der Waals surface area contributed by atoms with Crippen LogP contribution in [0.5, 0.6) is 0 Å². The van der Waals surface area contributed by atoms with Crippen LogP contribution >= 0.6 is 0 Å². The lowest BCUT2D eigenvalue weighted by Crippen LogP contribution is -2.49. The highest BCUT2D eigenvalue weighted by Crippen LogP contribution is 2.12. The largest absolute Gasteiger partial charge is 0.481 e. The van der Waals surface area contributed by atoms with E-state index in [0.717, 1.165) is 12.8 Å². The first-order chi connectivity index (χ1) is 9.01. The zero-order valence-electron chi connectivity index (χ0n) is 12.1.